The molecule has 0 fully saturated rings. The average Bonchev–Trinajstić information content (AvgIpc) is 2.83. The number of rotatable bonds is 12. The number of phenols is 1. The molecular formula is C29H35NO2. The highest BCUT2D eigenvalue weighted by Crippen LogP contribution is 2.24. The van der Waals surface area contributed by atoms with Gasteiger partial charge in [-0.3, -0.25) is 4.98 Å². The number of ether oxygens (including phenoxy) is 1. The Kier molecular flexibility index (Phi) is 9.52. The van der Waals surface area contributed by atoms with Crippen LogP contribution in [0, 0.1) is 0 Å². The molecule has 0 aliphatic heterocycles. The van der Waals surface area contributed by atoms with Crippen molar-refractivity contribution in [3.05, 3.63) is 78.5 Å². The average molecular weight is 430 g/mol. The summed E-state index contributed by atoms with van der Waals surface area (Å²) in [6.45, 7) is 5.29. The third-order valence-electron chi connectivity index (χ3n) is 5.61. The van der Waals surface area contributed by atoms with Gasteiger partial charge in [0.15, 0.2) is 0 Å². The Hall–Kier alpha value is -2.91. The van der Waals surface area contributed by atoms with Crippen LogP contribution in [-0.4, -0.2) is 22.8 Å². The molecule has 0 saturated heterocycles. The van der Waals surface area contributed by atoms with Gasteiger partial charge in [-0.25, -0.2) is 0 Å². The highest BCUT2D eigenvalue weighted by atomic mass is 16.5. The Morgan fingerprint density at radius 1 is 0.875 bits per heavy atom. The highest BCUT2D eigenvalue weighted by Gasteiger charge is 2.03. The molecule has 0 saturated carbocycles. The number of nitrogens with zero attached hydrogens (tertiary/aromatic N) is 1. The molecule has 0 aliphatic rings. The third-order valence-corrected chi connectivity index (χ3v) is 5.61. The van der Waals surface area contributed by atoms with Gasteiger partial charge in [-0.05, 0) is 61.9 Å². The first-order valence-corrected chi connectivity index (χ1v) is 11.8. The molecule has 0 amide bonds. The van der Waals surface area contributed by atoms with Gasteiger partial charge in [-0.2, -0.15) is 0 Å². The molecule has 168 valence electrons. The lowest BCUT2D eigenvalue weighted by molar-refractivity contribution is 0.0566. The van der Waals surface area contributed by atoms with Gasteiger partial charge in [0.1, 0.15) is 5.75 Å². The number of aromatic hydroxyl groups is 1. The quantitative estimate of drug-likeness (QED) is 0.298. The van der Waals surface area contributed by atoms with E-state index >= 15 is 0 Å². The van der Waals surface area contributed by atoms with Gasteiger partial charge in [0, 0.05) is 23.9 Å². The van der Waals surface area contributed by atoms with E-state index in [1.54, 1.807) is 12.1 Å². The zero-order valence-electron chi connectivity index (χ0n) is 19.3. The van der Waals surface area contributed by atoms with E-state index in [2.05, 4.69) is 61.3 Å². The zero-order valence-corrected chi connectivity index (χ0v) is 19.3. The summed E-state index contributed by atoms with van der Waals surface area (Å²) in [5, 5.41) is 9.44. The molecule has 3 heteroatoms. The number of hydrogen-bond acceptors (Lipinski definition) is 3. The van der Waals surface area contributed by atoms with Crippen molar-refractivity contribution in [3.63, 3.8) is 0 Å². The molecule has 32 heavy (non-hydrogen) atoms. The maximum Gasteiger partial charge on any atom is 0.115 e. The van der Waals surface area contributed by atoms with Crippen molar-refractivity contribution in [1.29, 1.82) is 0 Å². The van der Waals surface area contributed by atoms with Crippen molar-refractivity contribution in [2.45, 2.75) is 58.5 Å². The zero-order chi connectivity index (χ0) is 22.6. The standard InChI is InChI=1S/C29H35NO2/c1-3-4-8-21-32-23(2)9-6-5-7-10-24-11-13-26(14-12-24)29-20-17-27(22-30-29)25-15-18-28(31)19-16-25/h7,10-20,22-23,31H,3-6,8-9,21H2,1-2H3. The summed E-state index contributed by atoms with van der Waals surface area (Å²) in [6, 6.07) is 19.8. The Morgan fingerprint density at radius 2 is 1.59 bits per heavy atom. The van der Waals surface area contributed by atoms with Crippen molar-refractivity contribution in [2.75, 3.05) is 6.61 Å². The fourth-order valence-electron chi connectivity index (χ4n) is 3.62. The second-order valence-electron chi connectivity index (χ2n) is 8.32. The van der Waals surface area contributed by atoms with Crippen LogP contribution in [0.5, 0.6) is 5.75 Å². The van der Waals surface area contributed by atoms with Crippen LogP contribution in [0.1, 0.15) is 57.9 Å². The highest BCUT2D eigenvalue weighted by molar-refractivity contribution is 5.68. The van der Waals surface area contributed by atoms with E-state index < -0.39 is 0 Å². The van der Waals surface area contributed by atoms with E-state index in [1.165, 1.54) is 24.8 Å². The first-order valence-electron chi connectivity index (χ1n) is 11.8. The van der Waals surface area contributed by atoms with Gasteiger partial charge in [-0.1, -0.05) is 74.4 Å². The summed E-state index contributed by atoms with van der Waals surface area (Å²) in [4.78, 5) is 4.62. The maximum absolute atomic E-state index is 9.44. The fraction of sp³-hybridized carbons (Fsp3) is 0.345. The molecule has 2 aromatic carbocycles. The molecule has 0 aliphatic carbocycles. The molecule has 3 aromatic rings. The summed E-state index contributed by atoms with van der Waals surface area (Å²) in [6.07, 6.45) is 13.7. The minimum Gasteiger partial charge on any atom is -0.508 e. The second kappa shape index (κ2) is 12.8. The molecule has 1 N–H and O–H groups in total. The third kappa shape index (κ3) is 7.65. The van der Waals surface area contributed by atoms with Crippen LogP contribution in [-0.2, 0) is 4.74 Å². The van der Waals surface area contributed by atoms with Gasteiger partial charge < -0.3 is 9.84 Å². The van der Waals surface area contributed by atoms with E-state index in [9.17, 15) is 5.11 Å². The van der Waals surface area contributed by atoms with Crippen molar-refractivity contribution < 1.29 is 9.84 Å². The van der Waals surface area contributed by atoms with Crippen molar-refractivity contribution >= 4 is 6.08 Å². The molecule has 0 radical (unpaired) electrons. The Bertz CT molecular complexity index is 944. The summed E-state index contributed by atoms with van der Waals surface area (Å²) >= 11 is 0. The van der Waals surface area contributed by atoms with Crippen LogP contribution in [0.3, 0.4) is 0 Å². The summed E-state index contributed by atoms with van der Waals surface area (Å²) in [7, 11) is 0. The molecule has 1 unspecified atom stereocenters. The Balaban J connectivity index is 1.45. The SMILES string of the molecule is CCCCCOC(C)CCCC=Cc1ccc(-c2ccc(-c3ccc(O)cc3)cn2)cc1. The Morgan fingerprint density at radius 3 is 2.28 bits per heavy atom. The topological polar surface area (TPSA) is 42.4 Å². The van der Waals surface area contributed by atoms with Gasteiger partial charge in [0.05, 0.1) is 11.8 Å². The molecule has 1 atom stereocenters. The van der Waals surface area contributed by atoms with E-state index in [0.717, 1.165) is 48.3 Å². The van der Waals surface area contributed by atoms with Gasteiger partial charge in [0.2, 0.25) is 0 Å². The van der Waals surface area contributed by atoms with E-state index in [0.29, 0.717) is 6.10 Å². The lowest BCUT2D eigenvalue weighted by Crippen LogP contribution is -2.08. The minimum absolute atomic E-state index is 0.272. The van der Waals surface area contributed by atoms with Gasteiger partial charge in [0.25, 0.3) is 0 Å². The van der Waals surface area contributed by atoms with E-state index in [1.807, 2.05) is 24.4 Å². The normalized spacial score (nSPS) is 12.3. The molecule has 0 spiro atoms. The number of unbranched alkanes of at least 4 members (excludes halogenated alkanes) is 3. The van der Waals surface area contributed by atoms with Gasteiger partial charge in [-0.15, -0.1) is 0 Å². The van der Waals surface area contributed by atoms with E-state index in [-0.39, 0.29) is 5.75 Å². The van der Waals surface area contributed by atoms with Crippen molar-refractivity contribution in [2.24, 2.45) is 0 Å². The van der Waals surface area contributed by atoms with Crippen LogP contribution >= 0.6 is 0 Å². The monoisotopic (exact) mass is 429 g/mol. The van der Waals surface area contributed by atoms with Crippen LogP contribution < -0.4 is 0 Å². The van der Waals surface area contributed by atoms with Crippen molar-refractivity contribution in [1.82, 2.24) is 4.98 Å². The number of benzene rings is 2. The summed E-state index contributed by atoms with van der Waals surface area (Å²) in [5.74, 6) is 0.272. The predicted molar refractivity (Wildman–Crippen MR) is 135 cm³/mol. The van der Waals surface area contributed by atoms with Crippen molar-refractivity contribution in [3.8, 4) is 28.1 Å². The first kappa shape index (κ1) is 23.7. The maximum atomic E-state index is 9.44. The smallest absolute Gasteiger partial charge is 0.115 e. The number of hydrogen-bond donors (Lipinski definition) is 1. The number of allylic oxidation sites excluding steroid dienone is 1. The number of aromatic nitrogens is 1. The van der Waals surface area contributed by atoms with Gasteiger partial charge >= 0.3 is 0 Å². The summed E-state index contributed by atoms with van der Waals surface area (Å²) < 4.78 is 5.86. The van der Waals surface area contributed by atoms with Crippen LogP contribution in [0.2, 0.25) is 0 Å². The van der Waals surface area contributed by atoms with E-state index in [4.69, 9.17) is 4.74 Å². The fourth-order valence-corrected chi connectivity index (χ4v) is 3.62. The molecule has 0 bridgehead atoms. The molecular weight excluding hydrogens is 394 g/mol. The molecule has 3 nitrogen and oxygen atoms in total. The van der Waals surface area contributed by atoms with Crippen LogP contribution in [0.4, 0.5) is 0 Å². The predicted octanol–water partition coefficient (Wildman–Crippen LogP) is 7.90. The molecule has 1 aromatic heterocycles. The largest absolute Gasteiger partial charge is 0.508 e. The minimum atomic E-state index is 0.272. The summed E-state index contributed by atoms with van der Waals surface area (Å²) in [5.41, 5.74) is 5.34. The second-order valence-corrected chi connectivity index (χ2v) is 8.32. The first-order chi connectivity index (χ1) is 15.7. The molecule has 1 heterocycles. The lowest BCUT2D eigenvalue weighted by Gasteiger charge is -2.12. The molecule has 3 rings (SSSR count). The number of phenolic OH excluding ortho intramolecular Hbond substituents is 1. The lowest BCUT2D eigenvalue weighted by atomic mass is 10.0. The van der Waals surface area contributed by atoms with Crippen LogP contribution in [0.25, 0.3) is 28.5 Å². The van der Waals surface area contributed by atoms with Crippen LogP contribution in [0.15, 0.2) is 72.9 Å². The Labute approximate surface area is 192 Å². The number of pyridine rings is 1.